The quantitative estimate of drug-likeness (QED) is 0.676. The van der Waals surface area contributed by atoms with E-state index in [4.69, 9.17) is 0 Å². The predicted octanol–water partition coefficient (Wildman–Crippen LogP) is 4.17. The van der Waals surface area contributed by atoms with Crippen molar-refractivity contribution in [3.05, 3.63) is 54.9 Å². The standard InChI is InChI=1S/C11H8BrFN2O2S/c12-8-3-4-18-11(8)6-14-9-5-7(13)1-2-10(9)15(16)17/h1-5,14H,6H2. The molecule has 18 heavy (non-hydrogen) atoms. The summed E-state index contributed by atoms with van der Waals surface area (Å²) in [5.74, 6) is -0.506. The molecule has 0 aliphatic rings. The molecule has 0 saturated heterocycles. The fourth-order valence-electron chi connectivity index (χ4n) is 1.44. The van der Waals surface area contributed by atoms with E-state index in [2.05, 4.69) is 21.2 Å². The number of hydrogen-bond acceptors (Lipinski definition) is 4. The molecule has 0 aliphatic heterocycles. The average molecular weight is 331 g/mol. The second-order valence-corrected chi connectivity index (χ2v) is 5.32. The van der Waals surface area contributed by atoms with Gasteiger partial charge in [0.25, 0.3) is 5.69 Å². The molecular weight excluding hydrogens is 323 g/mol. The Morgan fingerprint density at radius 2 is 2.22 bits per heavy atom. The number of thiophene rings is 1. The van der Waals surface area contributed by atoms with Crippen LogP contribution in [0.1, 0.15) is 4.88 Å². The lowest BCUT2D eigenvalue weighted by Gasteiger charge is -2.06. The first kappa shape index (κ1) is 13.0. The molecule has 0 fully saturated rings. The first-order valence-corrected chi connectivity index (χ1v) is 6.65. The fraction of sp³-hybridized carbons (Fsp3) is 0.0909. The molecule has 0 radical (unpaired) electrons. The van der Waals surface area contributed by atoms with Gasteiger partial charge in [-0.2, -0.15) is 0 Å². The Kier molecular flexibility index (Phi) is 3.93. The molecule has 0 unspecified atom stereocenters. The van der Waals surface area contributed by atoms with Crippen molar-refractivity contribution in [3.8, 4) is 0 Å². The van der Waals surface area contributed by atoms with Gasteiger partial charge in [-0.05, 0) is 33.4 Å². The fourth-order valence-corrected chi connectivity index (χ4v) is 2.87. The van der Waals surface area contributed by atoms with Crippen molar-refractivity contribution < 1.29 is 9.31 Å². The van der Waals surface area contributed by atoms with Gasteiger partial charge in [0, 0.05) is 21.5 Å². The van der Waals surface area contributed by atoms with E-state index in [0.717, 1.165) is 27.5 Å². The molecule has 7 heteroatoms. The third-order valence-corrected chi connectivity index (χ3v) is 4.21. The molecule has 0 bridgehead atoms. The summed E-state index contributed by atoms with van der Waals surface area (Å²) in [6.07, 6.45) is 0. The van der Waals surface area contributed by atoms with E-state index in [1.54, 1.807) is 0 Å². The Bertz CT molecular complexity index is 588. The second kappa shape index (κ2) is 5.45. The van der Waals surface area contributed by atoms with E-state index >= 15 is 0 Å². The van der Waals surface area contributed by atoms with Crippen LogP contribution >= 0.6 is 27.3 Å². The van der Waals surface area contributed by atoms with Crippen LogP contribution in [0.2, 0.25) is 0 Å². The number of halogens is 2. The van der Waals surface area contributed by atoms with E-state index < -0.39 is 10.7 Å². The van der Waals surface area contributed by atoms with Crippen molar-refractivity contribution >= 4 is 38.6 Å². The molecule has 0 atom stereocenters. The van der Waals surface area contributed by atoms with E-state index in [9.17, 15) is 14.5 Å². The minimum absolute atomic E-state index is 0.135. The summed E-state index contributed by atoms with van der Waals surface area (Å²) < 4.78 is 14.0. The van der Waals surface area contributed by atoms with Crippen LogP contribution in [0.4, 0.5) is 15.8 Å². The van der Waals surface area contributed by atoms with Crippen LogP contribution in [0.25, 0.3) is 0 Å². The number of nitrogens with one attached hydrogen (secondary N) is 1. The predicted molar refractivity (Wildman–Crippen MR) is 72.4 cm³/mol. The first-order chi connectivity index (χ1) is 8.58. The van der Waals surface area contributed by atoms with Gasteiger partial charge in [-0.3, -0.25) is 10.1 Å². The Morgan fingerprint density at radius 1 is 1.44 bits per heavy atom. The maximum atomic E-state index is 13.1. The molecular formula is C11H8BrFN2O2S. The summed E-state index contributed by atoms with van der Waals surface area (Å²) >= 11 is 4.88. The van der Waals surface area contributed by atoms with Gasteiger partial charge in [0.1, 0.15) is 11.5 Å². The first-order valence-electron chi connectivity index (χ1n) is 4.97. The topological polar surface area (TPSA) is 55.2 Å². The largest absolute Gasteiger partial charge is 0.374 e. The average Bonchev–Trinajstić information content (AvgIpc) is 2.72. The third-order valence-electron chi connectivity index (χ3n) is 2.29. The van der Waals surface area contributed by atoms with Crippen molar-refractivity contribution in [2.75, 3.05) is 5.32 Å². The van der Waals surface area contributed by atoms with E-state index in [1.807, 2.05) is 11.4 Å². The highest BCUT2D eigenvalue weighted by Crippen LogP contribution is 2.28. The molecule has 1 heterocycles. The van der Waals surface area contributed by atoms with Crippen LogP contribution in [0.3, 0.4) is 0 Å². The summed E-state index contributed by atoms with van der Waals surface area (Å²) in [5, 5.41) is 15.6. The summed E-state index contributed by atoms with van der Waals surface area (Å²) in [6, 6.07) is 5.24. The van der Waals surface area contributed by atoms with Gasteiger partial charge in [0.05, 0.1) is 11.5 Å². The highest BCUT2D eigenvalue weighted by molar-refractivity contribution is 9.10. The zero-order valence-corrected chi connectivity index (χ0v) is 11.4. The van der Waals surface area contributed by atoms with Gasteiger partial charge in [-0.1, -0.05) is 0 Å². The maximum absolute atomic E-state index is 13.1. The van der Waals surface area contributed by atoms with Gasteiger partial charge < -0.3 is 5.32 Å². The number of hydrogen-bond donors (Lipinski definition) is 1. The van der Waals surface area contributed by atoms with Gasteiger partial charge in [-0.15, -0.1) is 11.3 Å². The number of benzene rings is 1. The Balaban J connectivity index is 2.20. The monoisotopic (exact) mass is 330 g/mol. The minimum Gasteiger partial charge on any atom is -0.374 e. The third kappa shape index (κ3) is 2.85. The smallest absolute Gasteiger partial charge is 0.292 e. The summed E-state index contributed by atoms with van der Waals surface area (Å²) in [6.45, 7) is 0.405. The molecule has 0 amide bonds. The van der Waals surface area contributed by atoms with Crippen molar-refractivity contribution in [1.29, 1.82) is 0 Å². The molecule has 94 valence electrons. The molecule has 2 rings (SSSR count). The number of rotatable bonds is 4. The van der Waals surface area contributed by atoms with Gasteiger partial charge in [0.15, 0.2) is 0 Å². The molecule has 0 spiro atoms. The summed E-state index contributed by atoms with van der Waals surface area (Å²) in [4.78, 5) is 11.3. The molecule has 1 aromatic heterocycles. The number of nitro groups is 1. The number of anilines is 1. The van der Waals surface area contributed by atoms with Crippen LogP contribution in [0.5, 0.6) is 0 Å². The number of nitrogens with zero attached hydrogens (tertiary/aromatic N) is 1. The van der Waals surface area contributed by atoms with Gasteiger partial charge in [-0.25, -0.2) is 4.39 Å². The van der Waals surface area contributed by atoms with E-state index in [0.29, 0.717) is 6.54 Å². The lowest BCUT2D eigenvalue weighted by atomic mass is 10.2. The van der Waals surface area contributed by atoms with Crippen LogP contribution < -0.4 is 5.32 Å². The summed E-state index contributed by atoms with van der Waals surface area (Å²) in [5.41, 5.74) is 0.0457. The van der Waals surface area contributed by atoms with E-state index in [1.165, 1.54) is 11.3 Å². The zero-order chi connectivity index (χ0) is 13.1. The molecule has 0 saturated carbocycles. The van der Waals surface area contributed by atoms with Crippen molar-refractivity contribution in [3.63, 3.8) is 0 Å². The highest BCUT2D eigenvalue weighted by atomic mass is 79.9. The molecule has 1 N–H and O–H groups in total. The van der Waals surface area contributed by atoms with Gasteiger partial charge in [0.2, 0.25) is 0 Å². The molecule has 0 aliphatic carbocycles. The second-order valence-electron chi connectivity index (χ2n) is 3.46. The van der Waals surface area contributed by atoms with Crippen molar-refractivity contribution in [1.82, 2.24) is 0 Å². The van der Waals surface area contributed by atoms with Crippen molar-refractivity contribution in [2.45, 2.75) is 6.54 Å². The molecule has 4 nitrogen and oxygen atoms in total. The minimum atomic E-state index is -0.536. The van der Waals surface area contributed by atoms with E-state index in [-0.39, 0.29) is 11.4 Å². The Labute approximate surface area is 115 Å². The lowest BCUT2D eigenvalue weighted by molar-refractivity contribution is -0.384. The van der Waals surface area contributed by atoms with Gasteiger partial charge >= 0.3 is 0 Å². The molecule has 1 aromatic carbocycles. The van der Waals surface area contributed by atoms with Crippen LogP contribution in [-0.4, -0.2) is 4.92 Å². The van der Waals surface area contributed by atoms with Crippen LogP contribution in [0.15, 0.2) is 34.1 Å². The van der Waals surface area contributed by atoms with Crippen molar-refractivity contribution in [2.24, 2.45) is 0 Å². The zero-order valence-electron chi connectivity index (χ0n) is 9.02. The Morgan fingerprint density at radius 3 is 2.83 bits per heavy atom. The molecule has 2 aromatic rings. The normalized spacial score (nSPS) is 10.3. The maximum Gasteiger partial charge on any atom is 0.292 e. The number of nitro benzene ring substituents is 1. The summed E-state index contributed by atoms with van der Waals surface area (Å²) in [7, 11) is 0. The lowest BCUT2D eigenvalue weighted by Crippen LogP contribution is -2.02. The Hall–Kier alpha value is -1.47. The SMILES string of the molecule is O=[N+]([O-])c1ccc(F)cc1NCc1sccc1Br. The highest BCUT2D eigenvalue weighted by Gasteiger charge is 2.14. The van der Waals surface area contributed by atoms with Crippen LogP contribution in [0, 0.1) is 15.9 Å². The van der Waals surface area contributed by atoms with Crippen LogP contribution in [-0.2, 0) is 6.54 Å².